The SMILES string of the molecule is Cc1ccc(S(=O)(=O)N(C)C[C@H]2OCCCC[C@@H](C)Oc3ccc(NC(=O)C4CCCCC4)cc3C(=O)N([C@@H](C)CO)C[C@@H]2C)cc1. The van der Waals surface area contributed by atoms with Gasteiger partial charge in [0.1, 0.15) is 5.75 Å². The third-order valence-electron chi connectivity index (χ3n) is 9.46. The van der Waals surface area contributed by atoms with E-state index in [-0.39, 0.29) is 54.3 Å². The number of hydrogen-bond donors (Lipinski definition) is 2. The van der Waals surface area contributed by atoms with Gasteiger partial charge >= 0.3 is 0 Å². The summed E-state index contributed by atoms with van der Waals surface area (Å²) >= 11 is 0. The Balaban J connectivity index is 1.62. The molecule has 2 aliphatic rings. The van der Waals surface area contributed by atoms with Crippen LogP contribution in [0.25, 0.3) is 0 Å². The number of sulfonamides is 1. The number of nitrogens with zero attached hydrogens (tertiary/aromatic N) is 2. The van der Waals surface area contributed by atoms with Crippen molar-refractivity contribution in [1.82, 2.24) is 9.21 Å². The number of fused-ring (bicyclic) bond motifs is 1. The van der Waals surface area contributed by atoms with Crippen molar-refractivity contribution in [3.63, 3.8) is 0 Å². The first-order chi connectivity index (χ1) is 22.4. The van der Waals surface area contributed by atoms with E-state index in [0.717, 1.165) is 56.9 Å². The largest absolute Gasteiger partial charge is 0.490 e. The third-order valence-corrected chi connectivity index (χ3v) is 11.3. The minimum absolute atomic E-state index is 0.0359. The Morgan fingerprint density at radius 3 is 2.40 bits per heavy atom. The van der Waals surface area contributed by atoms with Gasteiger partial charge < -0.3 is 24.8 Å². The molecule has 4 rings (SSSR count). The van der Waals surface area contributed by atoms with Crippen LogP contribution in [-0.2, 0) is 19.6 Å². The number of hydrogen-bond acceptors (Lipinski definition) is 7. The zero-order valence-electron chi connectivity index (χ0n) is 28.6. The average molecular weight is 672 g/mol. The molecular weight excluding hydrogens is 618 g/mol. The molecule has 1 fully saturated rings. The average Bonchev–Trinajstić information content (AvgIpc) is 3.06. The molecule has 1 aliphatic heterocycles. The Hall–Kier alpha value is -2.99. The van der Waals surface area contributed by atoms with E-state index >= 15 is 0 Å². The molecular formula is C36H53N3O7S. The van der Waals surface area contributed by atoms with Crippen LogP contribution in [0.1, 0.15) is 88.1 Å². The fraction of sp³-hybridized carbons (Fsp3) is 0.611. The van der Waals surface area contributed by atoms with E-state index in [1.165, 1.54) is 4.31 Å². The summed E-state index contributed by atoms with van der Waals surface area (Å²) in [7, 11) is -2.22. The van der Waals surface area contributed by atoms with Gasteiger partial charge in [-0.25, -0.2) is 8.42 Å². The van der Waals surface area contributed by atoms with Crippen LogP contribution in [-0.4, -0.2) is 86.1 Å². The summed E-state index contributed by atoms with van der Waals surface area (Å²) in [5, 5.41) is 13.3. The number of aliphatic hydroxyl groups is 1. The summed E-state index contributed by atoms with van der Waals surface area (Å²) in [5.74, 6) is -0.281. The molecule has 4 atom stereocenters. The van der Waals surface area contributed by atoms with Crippen LogP contribution in [0, 0.1) is 18.8 Å². The van der Waals surface area contributed by atoms with Crippen LogP contribution >= 0.6 is 0 Å². The quantitative estimate of drug-likeness (QED) is 0.373. The minimum atomic E-state index is -3.77. The summed E-state index contributed by atoms with van der Waals surface area (Å²) < 4.78 is 40.9. The van der Waals surface area contributed by atoms with Crippen LogP contribution in [0.3, 0.4) is 0 Å². The molecule has 47 heavy (non-hydrogen) atoms. The van der Waals surface area contributed by atoms with E-state index < -0.39 is 22.2 Å². The van der Waals surface area contributed by atoms with Gasteiger partial charge in [0.25, 0.3) is 5.91 Å². The second-order valence-corrected chi connectivity index (χ2v) is 15.5. The Labute approximate surface area is 280 Å². The second kappa shape index (κ2) is 16.9. The summed E-state index contributed by atoms with van der Waals surface area (Å²) in [6.07, 6.45) is 6.57. The maximum atomic E-state index is 14.4. The number of nitrogens with one attached hydrogen (secondary N) is 1. The molecule has 0 aromatic heterocycles. The summed E-state index contributed by atoms with van der Waals surface area (Å²) in [6, 6.07) is 11.4. The Kier molecular flexibility index (Phi) is 13.2. The van der Waals surface area contributed by atoms with Crippen molar-refractivity contribution in [2.24, 2.45) is 11.8 Å². The van der Waals surface area contributed by atoms with E-state index in [4.69, 9.17) is 9.47 Å². The number of anilines is 1. The Morgan fingerprint density at radius 2 is 1.72 bits per heavy atom. The van der Waals surface area contributed by atoms with Crippen LogP contribution in [0.5, 0.6) is 5.75 Å². The number of likely N-dealkylation sites (N-methyl/N-ethyl adjacent to an activating group) is 1. The highest BCUT2D eigenvalue weighted by atomic mass is 32.2. The van der Waals surface area contributed by atoms with Crippen LogP contribution < -0.4 is 10.1 Å². The standard InChI is InChI=1S/C36H53N3O7S/c1-25-14-17-31(18-15-25)47(43,44)38(5)23-34-26(2)22-39(27(3)24-40)36(42)32-21-30(37-35(41)29-12-7-6-8-13-29)16-19-33(32)46-28(4)11-9-10-20-45-34/h14-19,21,26-29,34,40H,6-13,20,22-24H2,1-5H3,(H,37,41)/t26-,27-,28+,34+/m0/s1. The summed E-state index contributed by atoms with van der Waals surface area (Å²) in [4.78, 5) is 29.3. The van der Waals surface area contributed by atoms with Crippen LogP contribution in [0.15, 0.2) is 47.4 Å². The molecule has 1 aliphatic carbocycles. The highest BCUT2D eigenvalue weighted by molar-refractivity contribution is 7.89. The van der Waals surface area contributed by atoms with E-state index in [0.29, 0.717) is 23.6 Å². The number of rotatable bonds is 8. The lowest BCUT2D eigenvalue weighted by Gasteiger charge is -2.35. The third kappa shape index (κ3) is 9.78. The Morgan fingerprint density at radius 1 is 1.04 bits per heavy atom. The maximum absolute atomic E-state index is 14.4. The summed E-state index contributed by atoms with van der Waals surface area (Å²) in [5.41, 5.74) is 1.80. The van der Waals surface area contributed by atoms with E-state index in [2.05, 4.69) is 5.32 Å². The van der Waals surface area contributed by atoms with E-state index in [1.807, 2.05) is 20.8 Å². The molecule has 260 valence electrons. The fourth-order valence-corrected chi connectivity index (χ4v) is 7.50. The number of benzene rings is 2. The van der Waals surface area contributed by atoms with Crippen LogP contribution in [0.2, 0.25) is 0 Å². The predicted octanol–water partition coefficient (Wildman–Crippen LogP) is 5.63. The number of carbonyl (C=O) groups excluding carboxylic acids is 2. The molecule has 2 aromatic carbocycles. The van der Waals surface area contributed by atoms with Crippen molar-refractivity contribution in [2.45, 2.75) is 102 Å². The van der Waals surface area contributed by atoms with E-state index in [1.54, 1.807) is 61.3 Å². The zero-order chi connectivity index (χ0) is 34.1. The molecule has 10 nitrogen and oxygen atoms in total. The van der Waals surface area contributed by atoms with Gasteiger partial charge in [-0.3, -0.25) is 9.59 Å². The monoisotopic (exact) mass is 671 g/mol. The molecule has 0 bridgehead atoms. The van der Waals surface area contributed by atoms with Gasteiger partial charge in [0.05, 0.1) is 35.3 Å². The molecule has 0 radical (unpaired) electrons. The molecule has 0 unspecified atom stereocenters. The first kappa shape index (κ1) is 36.8. The molecule has 11 heteroatoms. The fourth-order valence-electron chi connectivity index (χ4n) is 6.31. The molecule has 2 aromatic rings. The molecule has 2 N–H and O–H groups in total. The van der Waals surface area contributed by atoms with Gasteiger partial charge in [-0.05, 0) is 83.2 Å². The topological polar surface area (TPSA) is 125 Å². The van der Waals surface area contributed by atoms with Crippen molar-refractivity contribution >= 4 is 27.5 Å². The normalized spacial score (nSPS) is 23.0. The number of aryl methyl sites for hydroxylation is 1. The highest BCUT2D eigenvalue weighted by Gasteiger charge is 2.32. The lowest BCUT2D eigenvalue weighted by molar-refractivity contribution is -0.120. The number of amides is 2. The summed E-state index contributed by atoms with van der Waals surface area (Å²) in [6.45, 7) is 8.05. The highest BCUT2D eigenvalue weighted by Crippen LogP contribution is 2.30. The van der Waals surface area contributed by atoms with Gasteiger partial charge in [-0.15, -0.1) is 0 Å². The van der Waals surface area contributed by atoms with Gasteiger partial charge in [0, 0.05) is 44.3 Å². The molecule has 2 amide bonds. The first-order valence-corrected chi connectivity index (χ1v) is 18.5. The van der Waals surface area contributed by atoms with Gasteiger partial charge in [-0.1, -0.05) is 43.9 Å². The van der Waals surface area contributed by atoms with Crippen molar-refractivity contribution < 1.29 is 32.6 Å². The molecule has 1 saturated carbocycles. The van der Waals surface area contributed by atoms with Crippen molar-refractivity contribution in [3.8, 4) is 5.75 Å². The lowest BCUT2D eigenvalue weighted by atomic mass is 9.88. The predicted molar refractivity (Wildman–Crippen MR) is 183 cm³/mol. The zero-order valence-corrected chi connectivity index (χ0v) is 29.4. The van der Waals surface area contributed by atoms with E-state index in [9.17, 15) is 23.1 Å². The smallest absolute Gasteiger partial charge is 0.258 e. The molecule has 0 spiro atoms. The minimum Gasteiger partial charge on any atom is -0.490 e. The molecule has 0 saturated heterocycles. The van der Waals surface area contributed by atoms with Gasteiger partial charge in [0.2, 0.25) is 15.9 Å². The maximum Gasteiger partial charge on any atom is 0.258 e. The van der Waals surface area contributed by atoms with Gasteiger partial charge in [0.15, 0.2) is 0 Å². The van der Waals surface area contributed by atoms with Crippen molar-refractivity contribution in [3.05, 3.63) is 53.6 Å². The van der Waals surface area contributed by atoms with Gasteiger partial charge in [-0.2, -0.15) is 4.31 Å². The van der Waals surface area contributed by atoms with Crippen LogP contribution in [0.4, 0.5) is 5.69 Å². The number of aliphatic hydroxyl groups excluding tert-OH is 1. The second-order valence-electron chi connectivity index (χ2n) is 13.4. The van der Waals surface area contributed by atoms with Crippen molar-refractivity contribution in [1.29, 1.82) is 0 Å². The Bertz CT molecular complexity index is 1440. The lowest BCUT2D eigenvalue weighted by Crippen LogP contribution is -2.48. The van der Waals surface area contributed by atoms with Crippen molar-refractivity contribution in [2.75, 3.05) is 38.7 Å². The molecule has 1 heterocycles. The number of carbonyl (C=O) groups is 2. The number of ether oxygens (including phenoxy) is 2. The first-order valence-electron chi connectivity index (χ1n) is 17.1.